The highest BCUT2D eigenvalue weighted by atomic mass is 16.3. The number of hydrogen-bond donors (Lipinski definition) is 3. The summed E-state index contributed by atoms with van der Waals surface area (Å²) in [5.74, 6) is 0. The fourth-order valence-electron chi connectivity index (χ4n) is 3.50. The first-order chi connectivity index (χ1) is 10.5. The summed E-state index contributed by atoms with van der Waals surface area (Å²) < 4.78 is 0. The van der Waals surface area contributed by atoms with E-state index in [1.807, 2.05) is 0 Å². The lowest BCUT2D eigenvalue weighted by atomic mass is 10.0. The van der Waals surface area contributed by atoms with E-state index in [0.29, 0.717) is 19.1 Å². The lowest BCUT2D eigenvalue weighted by molar-refractivity contribution is 0.0501. The van der Waals surface area contributed by atoms with Gasteiger partial charge in [-0.2, -0.15) is 0 Å². The monoisotopic (exact) mass is 312 g/mol. The fraction of sp³-hybridized carbons (Fsp3) is 0.938. The lowest BCUT2D eigenvalue weighted by Crippen LogP contribution is -2.48. The summed E-state index contributed by atoms with van der Waals surface area (Å²) in [4.78, 5) is 16.5. The van der Waals surface area contributed by atoms with E-state index in [-0.39, 0.29) is 6.03 Å². The first-order valence-electron chi connectivity index (χ1n) is 8.61. The number of likely N-dealkylation sites (tertiary alicyclic amines) is 1. The quantitative estimate of drug-likeness (QED) is 0.672. The van der Waals surface area contributed by atoms with Crippen LogP contribution in [-0.2, 0) is 0 Å². The van der Waals surface area contributed by atoms with Gasteiger partial charge in [-0.1, -0.05) is 12.8 Å². The summed E-state index contributed by atoms with van der Waals surface area (Å²) in [6, 6.07) is 0.531. The van der Waals surface area contributed by atoms with Crippen LogP contribution < -0.4 is 10.6 Å². The van der Waals surface area contributed by atoms with E-state index >= 15 is 0 Å². The Morgan fingerprint density at radius 2 is 1.86 bits per heavy atom. The van der Waals surface area contributed by atoms with E-state index in [0.717, 1.165) is 45.3 Å². The predicted octanol–water partition coefficient (Wildman–Crippen LogP) is 0.617. The van der Waals surface area contributed by atoms with Crippen molar-refractivity contribution in [1.82, 2.24) is 20.4 Å². The van der Waals surface area contributed by atoms with Crippen molar-refractivity contribution < 1.29 is 9.90 Å². The zero-order valence-electron chi connectivity index (χ0n) is 14.1. The average molecular weight is 312 g/mol. The van der Waals surface area contributed by atoms with Gasteiger partial charge in [0.1, 0.15) is 0 Å². The van der Waals surface area contributed by atoms with Gasteiger partial charge in [0, 0.05) is 25.7 Å². The van der Waals surface area contributed by atoms with Crippen LogP contribution in [-0.4, -0.2) is 79.4 Å². The Kier molecular flexibility index (Phi) is 6.47. The van der Waals surface area contributed by atoms with Crippen molar-refractivity contribution in [2.24, 2.45) is 0 Å². The smallest absolute Gasteiger partial charge is 0.314 e. The molecule has 0 radical (unpaired) electrons. The molecule has 1 aliphatic heterocycles. The Hall–Kier alpha value is -0.850. The molecule has 2 rings (SSSR count). The molecule has 0 atom stereocenters. The minimum Gasteiger partial charge on any atom is -0.388 e. The predicted molar refractivity (Wildman–Crippen MR) is 88.0 cm³/mol. The molecule has 0 aromatic rings. The summed E-state index contributed by atoms with van der Waals surface area (Å²) in [5.41, 5.74) is -0.675. The second-order valence-electron chi connectivity index (χ2n) is 7.08. The van der Waals surface area contributed by atoms with Crippen LogP contribution in [0.4, 0.5) is 4.79 Å². The van der Waals surface area contributed by atoms with Crippen LogP contribution in [0.15, 0.2) is 0 Å². The van der Waals surface area contributed by atoms with Crippen molar-refractivity contribution in [3.8, 4) is 0 Å². The van der Waals surface area contributed by atoms with E-state index in [4.69, 9.17) is 0 Å². The van der Waals surface area contributed by atoms with Crippen LogP contribution in [0.25, 0.3) is 0 Å². The highest BCUT2D eigenvalue weighted by molar-refractivity contribution is 5.73. The molecule has 3 N–H and O–H groups in total. The van der Waals surface area contributed by atoms with Crippen LogP contribution >= 0.6 is 0 Å². The van der Waals surface area contributed by atoms with Gasteiger partial charge in [0.2, 0.25) is 0 Å². The molecule has 0 bridgehead atoms. The van der Waals surface area contributed by atoms with E-state index in [9.17, 15) is 9.90 Å². The van der Waals surface area contributed by atoms with Gasteiger partial charge < -0.3 is 25.5 Å². The number of carbonyl (C=O) groups excluding carboxylic acids is 1. The molecule has 0 aromatic carbocycles. The van der Waals surface area contributed by atoms with E-state index in [2.05, 4.69) is 34.5 Å². The molecule has 1 heterocycles. The van der Waals surface area contributed by atoms with Crippen LogP contribution in [0.2, 0.25) is 0 Å². The Morgan fingerprint density at radius 3 is 2.45 bits per heavy atom. The molecule has 1 saturated carbocycles. The van der Waals surface area contributed by atoms with E-state index in [1.165, 1.54) is 12.8 Å². The Balaban J connectivity index is 1.54. The molecule has 2 fully saturated rings. The SMILES string of the molecule is CN(C)C1CCN(CCNC(=O)NCC2(O)CCCC2)CC1. The highest BCUT2D eigenvalue weighted by Gasteiger charge is 2.31. The van der Waals surface area contributed by atoms with Crippen molar-refractivity contribution in [2.75, 3.05) is 46.8 Å². The number of carbonyl (C=O) groups is 1. The van der Waals surface area contributed by atoms with Crippen LogP contribution in [0.1, 0.15) is 38.5 Å². The summed E-state index contributed by atoms with van der Waals surface area (Å²) in [6.07, 6.45) is 6.12. The van der Waals surface area contributed by atoms with Crippen molar-refractivity contribution in [3.63, 3.8) is 0 Å². The summed E-state index contributed by atoms with van der Waals surface area (Å²) >= 11 is 0. The first kappa shape index (κ1) is 17.5. The molecule has 128 valence electrons. The van der Waals surface area contributed by atoms with Crippen LogP contribution in [0.3, 0.4) is 0 Å². The number of aliphatic hydroxyl groups is 1. The molecule has 1 aliphatic carbocycles. The number of rotatable bonds is 6. The Morgan fingerprint density at radius 1 is 1.23 bits per heavy atom. The summed E-state index contributed by atoms with van der Waals surface area (Å²) in [6.45, 7) is 4.14. The maximum atomic E-state index is 11.8. The second kappa shape index (κ2) is 8.13. The molecule has 6 heteroatoms. The molecule has 22 heavy (non-hydrogen) atoms. The molecule has 2 amide bonds. The number of piperidine rings is 1. The lowest BCUT2D eigenvalue weighted by Gasteiger charge is -2.35. The van der Waals surface area contributed by atoms with Gasteiger partial charge in [0.05, 0.1) is 5.60 Å². The first-order valence-corrected chi connectivity index (χ1v) is 8.61. The van der Waals surface area contributed by atoms with Crippen molar-refractivity contribution >= 4 is 6.03 Å². The molecule has 6 nitrogen and oxygen atoms in total. The number of hydrogen-bond acceptors (Lipinski definition) is 4. The topological polar surface area (TPSA) is 67.8 Å². The standard InChI is InChI=1S/C16H32N4O2/c1-19(2)14-5-10-20(11-6-14)12-9-17-15(21)18-13-16(22)7-3-4-8-16/h14,22H,3-13H2,1-2H3,(H2,17,18,21). The van der Waals surface area contributed by atoms with Gasteiger partial charge in [-0.25, -0.2) is 4.79 Å². The van der Waals surface area contributed by atoms with Crippen molar-refractivity contribution in [1.29, 1.82) is 0 Å². The number of nitrogens with one attached hydrogen (secondary N) is 2. The molecule has 1 saturated heterocycles. The third-order valence-corrected chi connectivity index (χ3v) is 5.11. The van der Waals surface area contributed by atoms with E-state index in [1.54, 1.807) is 0 Å². The number of nitrogens with zero attached hydrogens (tertiary/aromatic N) is 2. The minimum absolute atomic E-state index is 0.163. The zero-order valence-corrected chi connectivity index (χ0v) is 14.1. The maximum Gasteiger partial charge on any atom is 0.314 e. The highest BCUT2D eigenvalue weighted by Crippen LogP contribution is 2.28. The molecule has 0 spiro atoms. The van der Waals surface area contributed by atoms with Gasteiger partial charge in [0.25, 0.3) is 0 Å². The third-order valence-electron chi connectivity index (χ3n) is 5.11. The van der Waals surface area contributed by atoms with Crippen LogP contribution in [0, 0.1) is 0 Å². The third kappa shape index (κ3) is 5.41. The minimum atomic E-state index is -0.675. The number of amides is 2. The normalized spacial score (nSPS) is 22.9. The number of urea groups is 1. The van der Waals surface area contributed by atoms with Gasteiger partial charge in [-0.05, 0) is 52.9 Å². The maximum absolute atomic E-state index is 11.8. The molecular weight excluding hydrogens is 280 g/mol. The van der Waals surface area contributed by atoms with Gasteiger partial charge in [-0.3, -0.25) is 0 Å². The molecule has 0 aromatic heterocycles. The Bertz CT molecular complexity index is 348. The molecule has 0 unspecified atom stereocenters. The van der Waals surface area contributed by atoms with Crippen LogP contribution in [0.5, 0.6) is 0 Å². The summed E-state index contributed by atoms with van der Waals surface area (Å²) in [5, 5.41) is 15.9. The summed E-state index contributed by atoms with van der Waals surface area (Å²) in [7, 11) is 4.29. The molecular formula is C16H32N4O2. The van der Waals surface area contributed by atoms with Gasteiger partial charge >= 0.3 is 6.03 Å². The van der Waals surface area contributed by atoms with Crippen molar-refractivity contribution in [2.45, 2.75) is 50.2 Å². The zero-order chi connectivity index (χ0) is 16.0. The van der Waals surface area contributed by atoms with Crippen molar-refractivity contribution in [3.05, 3.63) is 0 Å². The van der Waals surface area contributed by atoms with Gasteiger partial charge in [0.15, 0.2) is 0 Å². The fourth-order valence-corrected chi connectivity index (χ4v) is 3.50. The van der Waals surface area contributed by atoms with E-state index < -0.39 is 5.60 Å². The van der Waals surface area contributed by atoms with Gasteiger partial charge in [-0.15, -0.1) is 0 Å². The average Bonchev–Trinajstić information content (AvgIpc) is 2.93. The largest absolute Gasteiger partial charge is 0.388 e. The molecule has 2 aliphatic rings. The Labute approximate surface area is 134 Å². The second-order valence-corrected chi connectivity index (χ2v) is 7.08.